The third-order valence-corrected chi connectivity index (χ3v) is 2.35. The molecule has 4 nitrogen and oxygen atoms in total. The van der Waals surface area contributed by atoms with E-state index < -0.39 is 0 Å². The number of nitrogen functional groups attached to an aromatic ring is 1. The minimum atomic E-state index is 0.135. The van der Waals surface area contributed by atoms with E-state index in [1.165, 1.54) is 0 Å². The predicted molar refractivity (Wildman–Crippen MR) is 61.5 cm³/mol. The van der Waals surface area contributed by atoms with Crippen molar-refractivity contribution >= 4 is 17.3 Å². The van der Waals surface area contributed by atoms with Crippen LogP contribution in [0.2, 0.25) is 5.02 Å². The van der Waals surface area contributed by atoms with Gasteiger partial charge in [0, 0.05) is 16.2 Å². The molecule has 0 fully saturated rings. The van der Waals surface area contributed by atoms with E-state index in [0.717, 1.165) is 5.56 Å². The number of rotatable bonds is 1. The van der Waals surface area contributed by atoms with Crippen LogP contribution < -0.4 is 5.73 Å². The Morgan fingerprint density at radius 1 is 1.60 bits per heavy atom. The zero-order valence-corrected chi connectivity index (χ0v) is 8.91. The van der Waals surface area contributed by atoms with Crippen LogP contribution in [-0.2, 0) is 0 Å². The zero-order chi connectivity index (χ0) is 11.3. The van der Waals surface area contributed by atoms with Crippen molar-refractivity contribution in [2.45, 2.75) is 6.92 Å². The molecule has 0 aliphatic carbocycles. The third kappa shape index (κ3) is 2.81. The number of halogens is 1. The summed E-state index contributed by atoms with van der Waals surface area (Å²) in [4.78, 5) is 2.59. The first-order valence-corrected chi connectivity index (χ1v) is 4.59. The van der Waals surface area contributed by atoms with Crippen molar-refractivity contribution in [3.63, 3.8) is 0 Å². The van der Waals surface area contributed by atoms with Crippen LogP contribution in [-0.4, -0.2) is 6.54 Å². The van der Waals surface area contributed by atoms with E-state index in [1.807, 2.05) is 6.92 Å². The van der Waals surface area contributed by atoms with Crippen LogP contribution >= 0.6 is 11.6 Å². The summed E-state index contributed by atoms with van der Waals surface area (Å²) in [6, 6.07) is 3.49. The number of azide groups is 1. The van der Waals surface area contributed by atoms with Gasteiger partial charge in [-0.05, 0) is 30.2 Å². The molecular formula is C10H9ClN4. The molecule has 5 heteroatoms. The lowest BCUT2D eigenvalue weighted by Gasteiger charge is -2.03. The van der Waals surface area contributed by atoms with Gasteiger partial charge in [-0.25, -0.2) is 0 Å². The Morgan fingerprint density at radius 2 is 2.33 bits per heavy atom. The van der Waals surface area contributed by atoms with Crippen LogP contribution in [0.3, 0.4) is 0 Å². The summed E-state index contributed by atoms with van der Waals surface area (Å²) in [6.45, 7) is 1.96. The number of hydrogen-bond donors (Lipinski definition) is 1. The number of hydrogen-bond acceptors (Lipinski definition) is 2. The molecule has 0 radical (unpaired) electrons. The summed E-state index contributed by atoms with van der Waals surface area (Å²) in [5.74, 6) is 5.51. The van der Waals surface area contributed by atoms with Crippen LogP contribution in [0, 0.1) is 18.8 Å². The molecule has 1 aromatic rings. The van der Waals surface area contributed by atoms with Crippen molar-refractivity contribution in [3.8, 4) is 11.8 Å². The molecule has 0 bridgehead atoms. The summed E-state index contributed by atoms with van der Waals surface area (Å²) in [7, 11) is 0. The maximum atomic E-state index is 8.05. The minimum absolute atomic E-state index is 0.135. The topological polar surface area (TPSA) is 74.8 Å². The number of nitrogens with two attached hydrogens (primary N) is 1. The molecule has 0 spiro atoms. The Hall–Kier alpha value is -1.82. The van der Waals surface area contributed by atoms with Gasteiger partial charge < -0.3 is 5.73 Å². The smallest absolute Gasteiger partial charge is 0.0880 e. The lowest BCUT2D eigenvalue weighted by molar-refractivity contribution is 1.25. The van der Waals surface area contributed by atoms with E-state index in [2.05, 4.69) is 21.9 Å². The minimum Gasteiger partial charge on any atom is -0.398 e. The van der Waals surface area contributed by atoms with Crippen molar-refractivity contribution in [1.29, 1.82) is 0 Å². The van der Waals surface area contributed by atoms with E-state index in [0.29, 0.717) is 16.3 Å². The van der Waals surface area contributed by atoms with Crippen molar-refractivity contribution in [3.05, 3.63) is 38.7 Å². The molecule has 76 valence electrons. The van der Waals surface area contributed by atoms with Gasteiger partial charge in [-0.15, -0.1) is 0 Å². The molecule has 0 aromatic heterocycles. The second kappa shape index (κ2) is 5.16. The SMILES string of the molecule is Cc1c(N)ccc(C#CCN=[N+]=[N-])c1Cl. The number of benzene rings is 1. The summed E-state index contributed by atoms with van der Waals surface area (Å²) < 4.78 is 0. The Bertz CT molecular complexity index is 478. The van der Waals surface area contributed by atoms with Crippen LogP contribution in [0.25, 0.3) is 10.4 Å². The fourth-order valence-corrected chi connectivity index (χ4v) is 1.22. The van der Waals surface area contributed by atoms with Gasteiger partial charge in [-0.2, -0.15) is 0 Å². The quantitative estimate of drug-likeness (QED) is 0.255. The van der Waals surface area contributed by atoms with E-state index in [-0.39, 0.29) is 6.54 Å². The Balaban J connectivity index is 2.99. The van der Waals surface area contributed by atoms with Gasteiger partial charge in [0.15, 0.2) is 0 Å². The molecule has 0 unspecified atom stereocenters. The molecule has 15 heavy (non-hydrogen) atoms. The molecule has 0 heterocycles. The monoisotopic (exact) mass is 220 g/mol. The highest BCUT2D eigenvalue weighted by Gasteiger charge is 2.03. The van der Waals surface area contributed by atoms with Gasteiger partial charge in [0.1, 0.15) is 0 Å². The van der Waals surface area contributed by atoms with Crippen LogP contribution in [0.4, 0.5) is 5.69 Å². The van der Waals surface area contributed by atoms with Gasteiger partial charge in [0.05, 0.1) is 11.6 Å². The maximum Gasteiger partial charge on any atom is 0.0880 e. The van der Waals surface area contributed by atoms with Gasteiger partial charge in [0.2, 0.25) is 0 Å². The average molecular weight is 221 g/mol. The highest BCUT2D eigenvalue weighted by Crippen LogP contribution is 2.24. The normalized spacial score (nSPS) is 8.67. The molecule has 0 aliphatic rings. The summed E-state index contributed by atoms with van der Waals surface area (Å²) >= 11 is 6.03. The first-order valence-electron chi connectivity index (χ1n) is 4.21. The highest BCUT2D eigenvalue weighted by atomic mass is 35.5. The standard InChI is InChI=1S/C10H9ClN4/c1-7-9(12)5-4-8(10(7)11)3-2-6-14-15-13/h4-5H,6,12H2,1H3. The fourth-order valence-electron chi connectivity index (χ4n) is 0.998. The first-order chi connectivity index (χ1) is 7.16. The van der Waals surface area contributed by atoms with Gasteiger partial charge in [0.25, 0.3) is 0 Å². The summed E-state index contributed by atoms with van der Waals surface area (Å²) in [6.07, 6.45) is 0. The van der Waals surface area contributed by atoms with Crippen LogP contribution in [0.1, 0.15) is 11.1 Å². The number of anilines is 1. The first kappa shape index (κ1) is 11.3. The largest absolute Gasteiger partial charge is 0.398 e. The lowest BCUT2D eigenvalue weighted by atomic mass is 10.1. The Kier molecular flexibility index (Phi) is 3.87. The summed E-state index contributed by atoms with van der Waals surface area (Å²) in [5.41, 5.74) is 15.9. The Labute approximate surface area is 92.7 Å². The zero-order valence-electron chi connectivity index (χ0n) is 8.16. The second-order valence-corrected chi connectivity index (χ2v) is 3.21. The van der Waals surface area contributed by atoms with E-state index in [4.69, 9.17) is 22.9 Å². The molecule has 1 aromatic carbocycles. The lowest BCUT2D eigenvalue weighted by Crippen LogP contribution is -1.91. The molecule has 0 atom stereocenters. The molecule has 0 saturated heterocycles. The van der Waals surface area contributed by atoms with Crippen molar-refractivity contribution in [2.75, 3.05) is 12.3 Å². The average Bonchev–Trinajstić information content (AvgIpc) is 2.24. The predicted octanol–water partition coefficient (Wildman–Crippen LogP) is 2.89. The number of nitrogens with zero attached hydrogens (tertiary/aromatic N) is 3. The van der Waals surface area contributed by atoms with Crippen molar-refractivity contribution in [1.82, 2.24) is 0 Å². The molecular weight excluding hydrogens is 212 g/mol. The van der Waals surface area contributed by atoms with E-state index in [1.54, 1.807) is 12.1 Å². The molecule has 1 rings (SSSR count). The van der Waals surface area contributed by atoms with Gasteiger partial charge in [-0.1, -0.05) is 28.6 Å². The highest BCUT2D eigenvalue weighted by molar-refractivity contribution is 6.32. The molecule has 0 saturated carbocycles. The van der Waals surface area contributed by atoms with E-state index >= 15 is 0 Å². The summed E-state index contributed by atoms with van der Waals surface area (Å²) in [5, 5.41) is 3.84. The Morgan fingerprint density at radius 3 is 3.00 bits per heavy atom. The van der Waals surface area contributed by atoms with Crippen LogP contribution in [0.5, 0.6) is 0 Å². The maximum absolute atomic E-state index is 8.05. The van der Waals surface area contributed by atoms with E-state index in [9.17, 15) is 0 Å². The molecule has 2 N–H and O–H groups in total. The fraction of sp³-hybridized carbons (Fsp3) is 0.200. The van der Waals surface area contributed by atoms with Gasteiger partial charge in [-0.3, -0.25) is 0 Å². The third-order valence-electron chi connectivity index (χ3n) is 1.86. The van der Waals surface area contributed by atoms with Gasteiger partial charge >= 0.3 is 0 Å². The van der Waals surface area contributed by atoms with Crippen molar-refractivity contribution < 1.29 is 0 Å². The molecule has 0 aliphatic heterocycles. The van der Waals surface area contributed by atoms with Crippen LogP contribution in [0.15, 0.2) is 17.2 Å². The van der Waals surface area contributed by atoms with Crippen molar-refractivity contribution in [2.24, 2.45) is 5.11 Å². The molecule has 0 amide bonds. The second-order valence-electron chi connectivity index (χ2n) is 2.83.